The number of amides is 1. The van der Waals surface area contributed by atoms with Crippen LogP contribution in [-0.4, -0.2) is 5.91 Å². The highest BCUT2D eigenvalue weighted by Gasteiger charge is 2.18. The predicted molar refractivity (Wildman–Crippen MR) is 112 cm³/mol. The van der Waals surface area contributed by atoms with Crippen LogP contribution < -0.4 is 10.2 Å². The number of nitrogens with one attached hydrogen (secondary N) is 1. The summed E-state index contributed by atoms with van der Waals surface area (Å²) in [6.45, 7) is 2.98. The molecule has 0 spiro atoms. The van der Waals surface area contributed by atoms with Crippen LogP contribution in [0.3, 0.4) is 0 Å². The second-order valence-electron chi connectivity index (χ2n) is 6.75. The third-order valence-electron chi connectivity index (χ3n) is 4.86. The Morgan fingerprint density at radius 3 is 2.48 bits per heavy atom. The molecule has 0 radical (unpaired) electrons. The molecular weight excluding hydrogens is 332 g/mol. The number of carbonyl (C=O) groups is 1. The molecule has 0 atom stereocenters. The van der Waals surface area contributed by atoms with Crippen LogP contribution >= 0.6 is 0 Å². The molecule has 27 heavy (non-hydrogen) atoms. The molecule has 0 aliphatic carbocycles. The second kappa shape index (κ2) is 7.50. The molecule has 4 rings (SSSR count). The molecule has 0 saturated heterocycles. The number of benzene rings is 3. The highest BCUT2D eigenvalue weighted by atomic mass is 16.2. The van der Waals surface area contributed by atoms with Gasteiger partial charge in [-0.15, -0.1) is 0 Å². The van der Waals surface area contributed by atoms with E-state index in [1.165, 1.54) is 5.56 Å². The van der Waals surface area contributed by atoms with Crippen LogP contribution in [0, 0.1) is 0 Å². The van der Waals surface area contributed by atoms with Gasteiger partial charge in [-0.3, -0.25) is 4.79 Å². The van der Waals surface area contributed by atoms with Gasteiger partial charge in [0.05, 0.1) is 12.2 Å². The van der Waals surface area contributed by atoms with Gasteiger partial charge in [-0.2, -0.15) is 0 Å². The number of hydrogen-bond donors (Lipinski definition) is 1. The summed E-state index contributed by atoms with van der Waals surface area (Å²) in [4.78, 5) is 14.1. The summed E-state index contributed by atoms with van der Waals surface area (Å²) >= 11 is 0. The van der Waals surface area contributed by atoms with Crippen molar-refractivity contribution in [1.29, 1.82) is 0 Å². The molecule has 0 saturated carbocycles. The zero-order chi connectivity index (χ0) is 18.6. The molecule has 1 aliphatic heterocycles. The molecule has 134 valence electrons. The predicted octanol–water partition coefficient (Wildman–Crippen LogP) is 5.34. The molecular formula is C24H22N2O. The van der Waals surface area contributed by atoms with Gasteiger partial charge in [0.15, 0.2) is 0 Å². The van der Waals surface area contributed by atoms with Crippen molar-refractivity contribution in [3.8, 4) is 0 Å². The minimum atomic E-state index is 0.0509. The summed E-state index contributed by atoms with van der Waals surface area (Å²) in [5.41, 5.74) is 6.61. The van der Waals surface area contributed by atoms with E-state index in [4.69, 9.17) is 0 Å². The van der Waals surface area contributed by atoms with Crippen molar-refractivity contribution in [1.82, 2.24) is 0 Å². The first-order valence-corrected chi connectivity index (χ1v) is 9.16. The van der Waals surface area contributed by atoms with Crippen LogP contribution in [0.2, 0.25) is 0 Å². The average molecular weight is 354 g/mol. The Morgan fingerprint density at radius 2 is 1.67 bits per heavy atom. The quantitative estimate of drug-likeness (QED) is 0.689. The topological polar surface area (TPSA) is 32.3 Å². The number of fused-ring (bicyclic) bond motifs is 2. The van der Waals surface area contributed by atoms with Gasteiger partial charge in [0.2, 0.25) is 5.91 Å². The Bertz CT molecular complexity index is 992. The van der Waals surface area contributed by atoms with Crippen molar-refractivity contribution in [3.05, 3.63) is 95.1 Å². The summed E-state index contributed by atoms with van der Waals surface area (Å²) in [6.07, 6.45) is 4.23. The molecule has 3 nitrogen and oxygen atoms in total. The molecule has 1 heterocycles. The van der Waals surface area contributed by atoms with Gasteiger partial charge in [-0.25, -0.2) is 0 Å². The first-order valence-electron chi connectivity index (χ1n) is 9.16. The number of hydrogen-bond acceptors (Lipinski definition) is 2. The molecule has 1 aliphatic rings. The lowest BCUT2D eigenvalue weighted by molar-refractivity contribution is -0.116. The van der Waals surface area contributed by atoms with E-state index in [-0.39, 0.29) is 5.91 Å². The van der Waals surface area contributed by atoms with E-state index in [9.17, 15) is 4.79 Å². The highest BCUT2D eigenvalue weighted by molar-refractivity contribution is 5.95. The minimum Gasteiger partial charge on any atom is -0.381 e. The van der Waals surface area contributed by atoms with Crippen molar-refractivity contribution in [2.24, 2.45) is 0 Å². The van der Waals surface area contributed by atoms with E-state index in [2.05, 4.69) is 47.8 Å². The number of carbonyl (C=O) groups excluding carboxylic acids is 1. The molecule has 0 bridgehead atoms. The van der Waals surface area contributed by atoms with Crippen molar-refractivity contribution in [2.45, 2.75) is 20.0 Å². The van der Waals surface area contributed by atoms with E-state index in [1.54, 1.807) is 6.92 Å². The SMILES string of the molecule is CC(=O)N1Cc2ccc(NCc3ccccc3)cc2C=Cc2ccccc21. The van der Waals surface area contributed by atoms with Crippen molar-refractivity contribution in [2.75, 3.05) is 10.2 Å². The van der Waals surface area contributed by atoms with Gasteiger partial charge in [-0.05, 0) is 40.5 Å². The molecule has 3 aromatic carbocycles. The Hall–Kier alpha value is -3.33. The zero-order valence-corrected chi connectivity index (χ0v) is 15.4. The van der Waals surface area contributed by atoms with Crippen LogP contribution in [0.4, 0.5) is 11.4 Å². The van der Waals surface area contributed by atoms with E-state index < -0.39 is 0 Å². The molecule has 0 fully saturated rings. The van der Waals surface area contributed by atoms with Gasteiger partial charge in [0, 0.05) is 19.2 Å². The van der Waals surface area contributed by atoms with Crippen LogP contribution in [-0.2, 0) is 17.9 Å². The summed E-state index contributed by atoms with van der Waals surface area (Å²) < 4.78 is 0. The molecule has 0 unspecified atom stereocenters. The Balaban J connectivity index is 1.64. The fourth-order valence-corrected chi connectivity index (χ4v) is 3.39. The normalized spacial score (nSPS) is 12.6. The molecule has 3 heteroatoms. The summed E-state index contributed by atoms with van der Waals surface area (Å²) in [5, 5.41) is 3.49. The lowest BCUT2D eigenvalue weighted by atomic mass is 10.00. The Labute approximate surface area is 160 Å². The van der Waals surface area contributed by atoms with E-state index >= 15 is 0 Å². The van der Waals surface area contributed by atoms with Gasteiger partial charge < -0.3 is 10.2 Å². The maximum atomic E-state index is 12.3. The second-order valence-corrected chi connectivity index (χ2v) is 6.75. The maximum absolute atomic E-state index is 12.3. The van der Waals surface area contributed by atoms with E-state index in [1.807, 2.05) is 47.4 Å². The number of nitrogens with zero attached hydrogens (tertiary/aromatic N) is 1. The summed E-state index contributed by atoms with van der Waals surface area (Å²) in [6, 6.07) is 24.7. The fourth-order valence-electron chi connectivity index (χ4n) is 3.39. The lowest BCUT2D eigenvalue weighted by Crippen LogP contribution is -2.29. The smallest absolute Gasteiger partial charge is 0.224 e. The van der Waals surface area contributed by atoms with Crippen LogP contribution in [0.15, 0.2) is 72.8 Å². The van der Waals surface area contributed by atoms with Crippen molar-refractivity contribution in [3.63, 3.8) is 0 Å². The molecule has 1 N–H and O–H groups in total. The third kappa shape index (κ3) is 3.77. The number of anilines is 2. The van der Waals surface area contributed by atoms with Gasteiger partial charge in [0.25, 0.3) is 0 Å². The van der Waals surface area contributed by atoms with Gasteiger partial charge >= 0.3 is 0 Å². The Kier molecular flexibility index (Phi) is 4.75. The molecule has 3 aromatic rings. The van der Waals surface area contributed by atoms with E-state index in [0.29, 0.717) is 6.54 Å². The van der Waals surface area contributed by atoms with Gasteiger partial charge in [-0.1, -0.05) is 66.7 Å². The van der Waals surface area contributed by atoms with Crippen molar-refractivity contribution < 1.29 is 4.79 Å². The van der Waals surface area contributed by atoms with Crippen LogP contribution in [0.5, 0.6) is 0 Å². The highest BCUT2D eigenvalue weighted by Crippen LogP contribution is 2.30. The maximum Gasteiger partial charge on any atom is 0.224 e. The standard InChI is InChI=1S/C24H22N2O/c1-18(27)26-17-22-13-14-23(25-16-19-7-3-2-4-8-19)15-21(22)12-11-20-9-5-6-10-24(20)26/h2-15,25H,16-17H2,1H3. The molecule has 1 amide bonds. The summed E-state index contributed by atoms with van der Waals surface area (Å²) in [5.74, 6) is 0.0509. The molecule has 0 aromatic heterocycles. The monoisotopic (exact) mass is 354 g/mol. The van der Waals surface area contributed by atoms with Gasteiger partial charge in [0.1, 0.15) is 0 Å². The Morgan fingerprint density at radius 1 is 0.926 bits per heavy atom. The first kappa shape index (κ1) is 17.1. The average Bonchev–Trinajstić information content (AvgIpc) is 2.69. The minimum absolute atomic E-state index is 0.0509. The van der Waals surface area contributed by atoms with E-state index in [0.717, 1.165) is 34.6 Å². The van der Waals surface area contributed by atoms with Crippen molar-refractivity contribution >= 4 is 29.4 Å². The first-order chi connectivity index (χ1) is 13.2. The number of rotatable bonds is 3. The summed E-state index contributed by atoms with van der Waals surface area (Å²) in [7, 11) is 0. The number of para-hydroxylation sites is 1. The lowest BCUT2D eigenvalue weighted by Gasteiger charge is -2.26. The largest absolute Gasteiger partial charge is 0.381 e. The van der Waals surface area contributed by atoms with Crippen LogP contribution in [0.25, 0.3) is 12.2 Å². The van der Waals surface area contributed by atoms with Crippen LogP contribution in [0.1, 0.15) is 29.2 Å². The zero-order valence-electron chi connectivity index (χ0n) is 15.4. The third-order valence-corrected chi connectivity index (χ3v) is 4.86. The fraction of sp³-hybridized carbons (Fsp3) is 0.125.